The van der Waals surface area contributed by atoms with E-state index in [-0.39, 0.29) is 5.43 Å². The summed E-state index contributed by atoms with van der Waals surface area (Å²) < 4.78 is 26.7. The van der Waals surface area contributed by atoms with Crippen LogP contribution >= 0.6 is 0 Å². The monoisotopic (exact) mass is 398 g/mol. The number of ether oxygens (including phenoxy) is 4. The molecule has 0 bridgehead atoms. The Kier molecular flexibility index (Phi) is 5.77. The van der Waals surface area contributed by atoms with Crippen molar-refractivity contribution in [3.8, 4) is 28.4 Å². The average Bonchev–Trinajstić information content (AvgIpc) is 2.72. The number of carbonyl (C=O) groups is 1. The molecule has 1 heterocycles. The topological polar surface area (TPSA) is 84.2 Å². The van der Waals surface area contributed by atoms with Gasteiger partial charge in [-0.25, -0.2) is 4.79 Å². The third-order valence-corrected chi connectivity index (χ3v) is 4.56. The zero-order valence-corrected chi connectivity index (χ0v) is 16.9. The fourth-order valence-corrected chi connectivity index (χ4v) is 3.10. The summed E-state index contributed by atoms with van der Waals surface area (Å²) in [7, 11) is 4.38. The number of benzene rings is 2. The first kappa shape index (κ1) is 20.3. The van der Waals surface area contributed by atoms with E-state index in [1.807, 2.05) is 0 Å². The van der Waals surface area contributed by atoms with Crippen molar-refractivity contribution in [2.75, 3.05) is 21.3 Å². The van der Waals surface area contributed by atoms with Gasteiger partial charge in [0, 0.05) is 6.07 Å². The molecule has 0 spiro atoms. The first-order valence-electron chi connectivity index (χ1n) is 8.94. The molecule has 0 aliphatic carbocycles. The van der Waals surface area contributed by atoms with Crippen molar-refractivity contribution in [3.05, 3.63) is 52.4 Å². The number of methoxy groups -OCH3 is 3. The number of hydrogen-bond acceptors (Lipinski definition) is 7. The SMILES string of the molecule is COC(=O)[C@@H](C)Oc1ccc2c(=O)c(-c3ccc(OC)c(OC)c3)c(C)oc2c1. The van der Waals surface area contributed by atoms with Gasteiger partial charge in [-0.2, -0.15) is 0 Å². The number of aryl methyl sites for hydroxylation is 1. The van der Waals surface area contributed by atoms with E-state index in [1.165, 1.54) is 14.2 Å². The maximum absolute atomic E-state index is 13.1. The summed E-state index contributed by atoms with van der Waals surface area (Å²) in [5, 5.41) is 0.401. The third kappa shape index (κ3) is 3.89. The van der Waals surface area contributed by atoms with Crippen LogP contribution in [-0.2, 0) is 9.53 Å². The minimum absolute atomic E-state index is 0.177. The van der Waals surface area contributed by atoms with E-state index in [2.05, 4.69) is 4.74 Å². The van der Waals surface area contributed by atoms with Crippen molar-refractivity contribution in [1.29, 1.82) is 0 Å². The fraction of sp³-hybridized carbons (Fsp3) is 0.273. The highest BCUT2D eigenvalue weighted by Crippen LogP contribution is 2.33. The van der Waals surface area contributed by atoms with Gasteiger partial charge in [-0.05, 0) is 43.7 Å². The highest BCUT2D eigenvalue weighted by Gasteiger charge is 2.18. The van der Waals surface area contributed by atoms with Crippen LogP contribution in [0.5, 0.6) is 17.2 Å². The van der Waals surface area contributed by atoms with Crippen LogP contribution in [0.1, 0.15) is 12.7 Å². The van der Waals surface area contributed by atoms with Crippen LogP contribution in [0.15, 0.2) is 45.6 Å². The molecule has 3 rings (SSSR count). The van der Waals surface area contributed by atoms with Crippen molar-refractivity contribution in [3.63, 3.8) is 0 Å². The van der Waals surface area contributed by atoms with Crippen molar-refractivity contribution in [1.82, 2.24) is 0 Å². The standard InChI is InChI=1S/C22H22O7/c1-12-20(14-6-9-17(25-3)19(10-14)26-4)21(23)16-8-7-15(11-18(16)29-12)28-13(2)22(24)27-5/h6-11,13H,1-5H3/t13-/m1/s1. The molecule has 0 unspecified atom stereocenters. The molecule has 3 aromatic rings. The van der Waals surface area contributed by atoms with Gasteiger partial charge in [0.2, 0.25) is 5.43 Å². The first-order chi connectivity index (χ1) is 13.9. The molecule has 0 N–H and O–H groups in total. The Morgan fingerprint density at radius 1 is 1.00 bits per heavy atom. The molecule has 0 amide bonds. The number of rotatable bonds is 6. The molecule has 0 saturated heterocycles. The molecule has 1 atom stereocenters. The van der Waals surface area contributed by atoms with Crippen molar-refractivity contribution < 1.29 is 28.2 Å². The lowest BCUT2D eigenvalue weighted by Gasteiger charge is -2.14. The van der Waals surface area contributed by atoms with Crippen molar-refractivity contribution in [2.45, 2.75) is 20.0 Å². The van der Waals surface area contributed by atoms with Crippen LogP contribution in [-0.4, -0.2) is 33.4 Å². The molecule has 29 heavy (non-hydrogen) atoms. The molecule has 1 aromatic heterocycles. The summed E-state index contributed by atoms with van der Waals surface area (Å²) in [6, 6.07) is 10.1. The van der Waals surface area contributed by atoms with E-state index in [0.717, 1.165) is 0 Å². The Hall–Kier alpha value is -3.48. The lowest BCUT2D eigenvalue weighted by atomic mass is 10.0. The first-order valence-corrected chi connectivity index (χ1v) is 8.94. The molecule has 0 radical (unpaired) electrons. The Labute approximate surface area is 167 Å². The number of fused-ring (bicyclic) bond motifs is 1. The van der Waals surface area contributed by atoms with E-state index < -0.39 is 12.1 Å². The molecule has 0 aliphatic heterocycles. The maximum atomic E-state index is 13.1. The number of carbonyl (C=O) groups excluding carboxylic acids is 1. The Balaban J connectivity index is 2.07. The highest BCUT2D eigenvalue weighted by molar-refractivity contribution is 5.84. The maximum Gasteiger partial charge on any atom is 0.346 e. The van der Waals surface area contributed by atoms with Gasteiger partial charge >= 0.3 is 5.97 Å². The second-order valence-corrected chi connectivity index (χ2v) is 6.37. The largest absolute Gasteiger partial charge is 0.493 e. The summed E-state index contributed by atoms with van der Waals surface area (Å²) in [4.78, 5) is 24.7. The zero-order valence-electron chi connectivity index (χ0n) is 16.9. The van der Waals surface area contributed by atoms with Crippen LogP contribution in [0.25, 0.3) is 22.1 Å². The Morgan fingerprint density at radius 3 is 2.38 bits per heavy atom. The molecule has 2 aromatic carbocycles. The lowest BCUT2D eigenvalue weighted by Crippen LogP contribution is -2.24. The summed E-state index contributed by atoms with van der Waals surface area (Å²) in [6.45, 7) is 3.30. The predicted molar refractivity (Wildman–Crippen MR) is 108 cm³/mol. The number of hydrogen-bond donors (Lipinski definition) is 0. The van der Waals surface area contributed by atoms with Crippen molar-refractivity contribution in [2.24, 2.45) is 0 Å². The van der Waals surface area contributed by atoms with Crippen LogP contribution in [0.4, 0.5) is 0 Å². The van der Waals surface area contributed by atoms with Gasteiger partial charge < -0.3 is 23.4 Å². The molecular weight excluding hydrogens is 376 g/mol. The fourth-order valence-electron chi connectivity index (χ4n) is 3.10. The van der Waals surface area contributed by atoms with E-state index in [9.17, 15) is 9.59 Å². The Bertz CT molecular complexity index is 1110. The number of esters is 1. The van der Waals surface area contributed by atoms with Crippen LogP contribution in [0.3, 0.4) is 0 Å². The normalized spacial score (nSPS) is 11.8. The molecule has 0 saturated carbocycles. The summed E-state index contributed by atoms with van der Waals surface area (Å²) in [5.41, 5.74) is 1.29. The summed E-state index contributed by atoms with van der Waals surface area (Å²) in [6.07, 6.45) is -0.781. The molecule has 0 aliphatic rings. The third-order valence-electron chi connectivity index (χ3n) is 4.56. The van der Waals surface area contributed by atoms with Crippen molar-refractivity contribution >= 4 is 16.9 Å². The smallest absolute Gasteiger partial charge is 0.346 e. The van der Waals surface area contributed by atoms with Gasteiger partial charge in [-0.15, -0.1) is 0 Å². The van der Waals surface area contributed by atoms with Gasteiger partial charge in [0.05, 0.1) is 32.3 Å². The van der Waals surface area contributed by atoms with E-state index in [0.29, 0.717) is 45.1 Å². The van der Waals surface area contributed by atoms with Crippen LogP contribution < -0.4 is 19.6 Å². The molecule has 7 heteroatoms. The second-order valence-electron chi connectivity index (χ2n) is 6.37. The Morgan fingerprint density at radius 2 is 1.72 bits per heavy atom. The van der Waals surface area contributed by atoms with Gasteiger partial charge in [0.15, 0.2) is 17.6 Å². The second kappa shape index (κ2) is 8.26. The van der Waals surface area contributed by atoms with Gasteiger partial charge in [-0.1, -0.05) is 6.07 Å². The highest BCUT2D eigenvalue weighted by atomic mass is 16.6. The van der Waals surface area contributed by atoms with Gasteiger partial charge in [-0.3, -0.25) is 4.79 Å². The molecular formula is C22H22O7. The minimum Gasteiger partial charge on any atom is -0.493 e. The summed E-state index contributed by atoms with van der Waals surface area (Å²) in [5.74, 6) is 1.45. The lowest BCUT2D eigenvalue weighted by molar-refractivity contribution is -0.147. The van der Waals surface area contributed by atoms with E-state index >= 15 is 0 Å². The molecule has 152 valence electrons. The minimum atomic E-state index is -0.781. The van der Waals surface area contributed by atoms with E-state index in [1.54, 1.807) is 57.4 Å². The predicted octanol–water partition coefficient (Wildman–Crippen LogP) is 3.73. The van der Waals surface area contributed by atoms with E-state index in [4.69, 9.17) is 18.6 Å². The average molecular weight is 398 g/mol. The molecule has 0 fully saturated rings. The van der Waals surface area contributed by atoms with Gasteiger partial charge in [0.1, 0.15) is 17.1 Å². The van der Waals surface area contributed by atoms with Crippen LogP contribution in [0, 0.1) is 6.92 Å². The van der Waals surface area contributed by atoms with Gasteiger partial charge in [0.25, 0.3) is 0 Å². The molecule has 7 nitrogen and oxygen atoms in total. The quantitative estimate of drug-likeness (QED) is 0.585. The van der Waals surface area contributed by atoms with Crippen LogP contribution in [0.2, 0.25) is 0 Å². The summed E-state index contributed by atoms with van der Waals surface area (Å²) >= 11 is 0. The zero-order chi connectivity index (χ0) is 21.1.